The van der Waals surface area contributed by atoms with Crippen molar-refractivity contribution in [1.29, 1.82) is 0 Å². The minimum absolute atomic E-state index is 0.0152. The Kier molecular flexibility index (Phi) is 5.41. The molecule has 0 saturated carbocycles. The first-order valence-electron chi connectivity index (χ1n) is 9.85. The molecule has 0 spiro atoms. The third-order valence-electron chi connectivity index (χ3n) is 5.41. The number of hydrogen-bond donors (Lipinski definition) is 0. The molecule has 1 aliphatic rings. The lowest BCUT2D eigenvalue weighted by Gasteiger charge is -2.35. The molecule has 7 heteroatoms. The van der Waals surface area contributed by atoms with Crippen LogP contribution in [0.15, 0.2) is 41.5 Å². The van der Waals surface area contributed by atoms with Gasteiger partial charge in [-0.15, -0.1) is 11.3 Å². The Hall–Kier alpha value is -2.67. The van der Waals surface area contributed by atoms with Crippen molar-refractivity contribution in [1.82, 2.24) is 14.5 Å². The number of carbonyl (C=O) groups excluding carboxylic acids is 1. The molecule has 1 fully saturated rings. The largest absolute Gasteiger partial charge is 0.497 e. The minimum atomic E-state index is -0.161. The Labute approximate surface area is 173 Å². The van der Waals surface area contributed by atoms with Gasteiger partial charge in [0, 0.05) is 18.0 Å². The van der Waals surface area contributed by atoms with Crippen LogP contribution in [-0.2, 0) is 11.3 Å². The van der Waals surface area contributed by atoms with Gasteiger partial charge in [-0.05, 0) is 54.2 Å². The van der Waals surface area contributed by atoms with E-state index in [0.29, 0.717) is 22.1 Å². The first-order chi connectivity index (χ1) is 13.9. The van der Waals surface area contributed by atoms with Gasteiger partial charge in [0.1, 0.15) is 17.0 Å². The molecule has 6 nitrogen and oxygen atoms in total. The van der Waals surface area contributed by atoms with Gasteiger partial charge >= 0.3 is 0 Å². The molecule has 3 aromatic rings. The Morgan fingerprint density at radius 1 is 1.21 bits per heavy atom. The minimum Gasteiger partial charge on any atom is -0.497 e. The van der Waals surface area contributed by atoms with E-state index in [1.54, 1.807) is 7.11 Å². The number of ether oxygens (including phenoxy) is 1. The van der Waals surface area contributed by atoms with Gasteiger partial charge in [0.15, 0.2) is 0 Å². The standard InChI is InChI=1S/C22H25N3O3S/c1-14-8-15(2)11-24(10-14)20(26)12-25-13-23-18-9-19(29-21(18)22(25)27)16-4-6-17(28-3)7-5-16/h4-7,9,13-15H,8,10-12H2,1-3H3/t14-,15-/m1/s1. The van der Waals surface area contributed by atoms with Crippen molar-refractivity contribution in [2.45, 2.75) is 26.8 Å². The number of nitrogens with zero attached hydrogens (tertiary/aromatic N) is 3. The molecule has 3 heterocycles. The lowest BCUT2D eigenvalue weighted by atomic mass is 9.92. The van der Waals surface area contributed by atoms with E-state index in [0.717, 1.165) is 35.7 Å². The van der Waals surface area contributed by atoms with Crippen molar-refractivity contribution >= 4 is 27.5 Å². The highest BCUT2D eigenvalue weighted by molar-refractivity contribution is 7.22. The molecule has 29 heavy (non-hydrogen) atoms. The maximum Gasteiger partial charge on any atom is 0.271 e. The summed E-state index contributed by atoms with van der Waals surface area (Å²) in [5.74, 6) is 1.75. The molecule has 1 aromatic carbocycles. The number of amides is 1. The number of rotatable bonds is 4. The summed E-state index contributed by atoms with van der Waals surface area (Å²) in [5.41, 5.74) is 1.51. The Bertz CT molecular complexity index is 1080. The normalized spacial score (nSPS) is 19.5. The van der Waals surface area contributed by atoms with Crippen LogP contribution < -0.4 is 10.3 Å². The van der Waals surface area contributed by atoms with Gasteiger partial charge in [-0.1, -0.05) is 13.8 Å². The van der Waals surface area contributed by atoms with Crippen LogP contribution in [0.3, 0.4) is 0 Å². The summed E-state index contributed by atoms with van der Waals surface area (Å²) in [5, 5.41) is 0. The van der Waals surface area contributed by atoms with Crippen LogP contribution in [0.2, 0.25) is 0 Å². The highest BCUT2D eigenvalue weighted by atomic mass is 32.1. The summed E-state index contributed by atoms with van der Waals surface area (Å²) in [4.78, 5) is 33.0. The van der Waals surface area contributed by atoms with Crippen LogP contribution in [0.1, 0.15) is 20.3 Å². The Balaban J connectivity index is 1.59. The monoisotopic (exact) mass is 411 g/mol. The number of benzene rings is 1. The predicted octanol–water partition coefficient (Wildman–Crippen LogP) is 3.64. The van der Waals surface area contributed by atoms with Crippen LogP contribution in [0.4, 0.5) is 0 Å². The summed E-state index contributed by atoms with van der Waals surface area (Å²) >= 11 is 1.41. The smallest absolute Gasteiger partial charge is 0.271 e. The molecular weight excluding hydrogens is 386 g/mol. The van der Waals surface area contributed by atoms with E-state index in [-0.39, 0.29) is 18.0 Å². The zero-order valence-electron chi connectivity index (χ0n) is 16.9. The van der Waals surface area contributed by atoms with Gasteiger partial charge in [-0.25, -0.2) is 4.98 Å². The van der Waals surface area contributed by atoms with Crippen molar-refractivity contribution in [2.75, 3.05) is 20.2 Å². The van der Waals surface area contributed by atoms with Crippen molar-refractivity contribution < 1.29 is 9.53 Å². The van der Waals surface area contributed by atoms with E-state index in [2.05, 4.69) is 18.8 Å². The SMILES string of the molecule is COc1ccc(-c2cc3ncn(CC(=O)N4C[C@H](C)C[C@@H](C)C4)c(=O)c3s2)cc1. The van der Waals surface area contributed by atoms with Crippen LogP contribution >= 0.6 is 11.3 Å². The van der Waals surface area contributed by atoms with E-state index in [9.17, 15) is 9.59 Å². The fraction of sp³-hybridized carbons (Fsp3) is 0.409. The van der Waals surface area contributed by atoms with Crippen LogP contribution in [0, 0.1) is 11.8 Å². The van der Waals surface area contributed by atoms with Gasteiger partial charge < -0.3 is 9.64 Å². The van der Waals surface area contributed by atoms with E-state index < -0.39 is 0 Å². The first-order valence-corrected chi connectivity index (χ1v) is 10.7. The van der Waals surface area contributed by atoms with E-state index >= 15 is 0 Å². The summed E-state index contributed by atoms with van der Waals surface area (Å²) < 4.78 is 7.21. The second-order valence-corrected chi connectivity index (χ2v) is 9.03. The lowest BCUT2D eigenvalue weighted by Crippen LogP contribution is -2.44. The van der Waals surface area contributed by atoms with E-state index in [1.807, 2.05) is 35.2 Å². The molecule has 152 valence electrons. The van der Waals surface area contributed by atoms with Crippen molar-refractivity contribution in [3.63, 3.8) is 0 Å². The molecule has 0 N–H and O–H groups in total. The molecular formula is C22H25N3O3S. The van der Waals surface area contributed by atoms with Crippen LogP contribution in [-0.4, -0.2) is 40.6 Å². The molecule has 1 amide bonds. The molecule has 0 unspecified atom stereocenters. The number of piperidine rings is 1. The number of likely N-dealkylation sites (tertiary alicyclic amines) is 1. The topological polar surface area (TPSA) is 64.4 Å². The fourth-order valence-electron chi connectivity index (χ4n) is 4.07. The maximum absolute atomic E-state index is 13.0. The number of hydrogen-bond acceptors (Lipinski definition) is 5. The van der Waals surface area contributed by atoms with Gasteiger partial charge in [0.05, 0.1) is 19.0 Å². The van der Waals surface area contributed by atoms with Crippen LogP contribution in [0.5, 0.6) is 5.75 Å². The third-order valence-corrected chi connectivity index (χ3v) is 6.57. The molecule has 0 bridgehead atoms. The third kappa shape index (κ3) is 4.05. The maximum atomic E-state index is 13.0. The number of aromatic nitrogens is 2. The highest BCUT2D eigenvalue weighted by Crippen LogP contribution is 2.31. The summed E-state index contributed by atoms with van der Waals surface area (Å²) in [6.45, 7) is 5.89. The quantitative estimate of drug-likeness (QED) is 0.658. The van der Waals surface area contributed by atoms with E-state index in [1.165, 1.54) is 22.2 Å². The molecule has 2 aromatic heterocycles. The fourth-order valence-corrected chi connectivity index (χ4v) is 5.13. The molecule has 4 rings (SSSR count). The molecule has 1 saturated heterocycles. The zero-order chi connectivity index (χ0) is 20.5. The summed E-state index contributed by atoms with van der Waals surface area (Å²) in [6.07, 6.45) is 2.63. The average Bonchev–Trinajstić information content (AvgIpc) is 3.14. The number of thiophene rings is 1. The van der Waals surface area contributed by atoms with Crippen LogP contribution in [0.25, 0.3) is 20.7 Å². The van der Waals surface area contributed by atoms with Gasteiger partial charge in [0.25, 0.3) is 5.56 Å². The second kappa shape index (κ2) is 7.99. The zero-order valence-corrected chi connectivity index (χ0v) is 17.7. The molecule has 1 aliphatic heterocycles. The summed E-state index contributed by atoms with van der Waals surface area (Å²) in [6, 6.07) is 9.63. The Morgan fingerprint density at radius 3 is 2.55 bits per heavy atom. The number of methoxy groups -OCH3 is 1. The predicted molar refractivity (Wildman–Crippen MR) is 115 cm³/mol. The number of carbonyl (C=O) groups is 1. The molecule has 0 radical (unpaired) electrons. The van der Waals surface area contributed by atoms with E-state index in [4.69, 9.17) is 4.74 Å². The second-order valence-electron chi connectivity index (χ2n) is 7.98. The van der Waals surface area contributed by atoms with Crippen molar-refractivity contribution in [3.8, 4) is 16.2 Å². The van der Waals surface area contributed by atoms with Gasteiger partial charge in [0.2, 0.25) is 5.91 Å². The first kappa shape index (κ1) is 19.6. The molecule has 2 atom stereocenters. The summed E-state index contributed by atoms with van der Waals surface area (Å²) in [7, 11) is 1.63. The van der Waals surface area contributed by atoms with Crippen molar-refractivity contribution in [3.05, 3.63) is 47.0 Å². The highest BCUT2D eigenvalue weighted by Gasteiger charge is 2.25. The lowest BCUT2D eigenvalue weighted by molar-refractivity contribution is -0.134. The average molecular weight is 412 g/mol. The Morgan fingerprint density at radius 2 is 1.90 bits per heavy atom. The van der Waals surface area contributed by atoms with Gasteiger partial charge in [-0.3, -0.25) is 14.2 Å². The van der Waals surface area contributed by atoms with Crippen molar-refractivity contribution in [2.24, 2.45) is 11.8 Å². The molecule has 0 aliphatic carbocycles. The number of fused-ring (bicyclic) bond motifs is 1. The van der Waals surface area contributed by atoms with Gasteiger partial charge in [-0.2, -0.15) is 0 Å².